The highest BCUT2D eigenvalue weighted by Gasteiger charge is 2.50. The minimum atomic E-state index is -0.840. The first-order valence-electron chi connectivity index (χ1n) is 7.68. The van der Waals surface area contributed by atoms with Gasteiger partial charge in [-0.1, -0.05) is 0 Å². The van der Waals surface area contributed by atoms with Crippen molar-refractivity contribution in [3.63, 3.8) is 0 Å². The van der Waals surface area contributed by atoms with Crippen LogP contribution in [0.2, 0.25) is 0 Å². The number of nitrogens with one attached hydrogen (secondary N) is 1. The Morgan fingerprint density at radius 1 is 1.29 bits per heavy atom. The number of amides is 1. The summed E-state index contributed by atoms with van der Waals surface area (Å²) in [5.74, 6) is -1.10. The van der Waals surface area contributed by atoms with Gasteiger partial charge in [0.1, 0.15) is 0 Å². The summed E-state index contributed by atoms with van der Waals surface area (Å²) < 4.78 is 2.78. The second kappa shape index (κ2) is 6.05. The van der Waals surface area contributed by atoms with Crippen molar-refractivity contribution in [2.75, 3.05) is 6.54 Å². The molecule has 2 aromatic rings. The number of aliphatic carboxylic acids is 1. The molecule has 3 rings (SSSR count). The van der Waals surface area contributed by atoms with Gasteiger partial charge in [0.25, 0.3) is 5.91 Å². The maximum Gasteiger partial charge on any atom is 0.311 e. The summed E-state index contributed by atoms with van der Waals surface area (Å²) in [6.45, 7) is 4.06. The maximum absolute atomic E-state index is 12.2. The fourth-order valence-corrected chi connectivity index (χ4v) is 2.85. The molecule has 1 aromatic carbocycles. The Kier molecular flexibility index (Phi) is 4.21. The average molecular weight is 392 g/mol. The first kappa shape index (κ1) is 16.7. The molecule has 0 unspecified atom stereocenters. The lowest BCUT2D eigenvalue weighted by Gasteiger charge is -2.11. The van der Waals surface area contributed by atoms with Crippen molar-refractivity contribution in [2.45, 2.75) is 26.7 Å². The molecule has 1 aromatic heterocycles. The largest absolute Gasteiger partial charge is 0.481 e. The van der Waals surface area contributed by atoms with Crippen LogP contribution in [-0.4, -0.2) is 33.3 Å². The Bertz CT molecular complexity index is 807. The molecule has 1 saturated carbocycles. The molecule has 126 valence electrons. The lowest BCUT2D eigenvalue weighted by molar-refractivity contribution is -0.143. The first-order chi connectivity index (χ1) is 11.3. The van der Waals surface area contributed by atoms with Crippen molar-refractivity contribution < 1.29 is 14.7 Å². The fourth-order valence-electron chi connectivity index (χ4n) is 2.60. The van der Waals surface area contributed by atoms with E-state index < -0.39 is 11.4 Å². The quantitative estimate of drug-likeness (QED) is 0.820. The van der Waals surface area contributed by atoms with E-state index in [1.54, 1.807) is 12.1 Å². The third kappa shape index (κ3) is 2.96. The molecule has 7 heteroatoms. The minimum Gasteiger partial charge on any atom is -0.481 e. The molecule has 0 saturated heterocycles. The molecular weight excluding hydrogens is 374 g/mol. The van der Waals surface area contributed by atoms with E-state index >= 15 is 0 Å². The van der Waals surface area contributed by atoms with Gasteiger partial charge in [0.15, 0.2) is 0 Å². The molecule has 0 atom stereocenters. The van der Waals surface area contributed by atoms with Crippen molar-refractivity contribution in [1.82, 2.24) is 15.1 Å². The fraction of sp³-hybridized carbons (Fsp3) is 0.353. The van der Waals surface area contributed by atoms with E-state index in [0.29, 0.717) is 18.4 Å². The monoisotopic (exact) mass is 391 g/mol. The van der Waals surface area contributed by atoms with Gasteiger partial charge in [-0.15, -0.1) is 0 Å². The SMILES string of the molecule is Cc1nn(-c2ccc(C(=O)NCC3(C(=O)O)CC3)cc2)c(C)c1Br. The van der Waals surface area contributed by atoms with Crippen LogP contribution in [0.25, 0.3) is 5.69 Å². The number of carbonyl (C=O) groups excluding carboxylic acids is 1. The summed E-state index contributed by atoms with van der Waals surface area (Å²) in [7, 11) is 0. The zero-order chi connectivity index (χ0) is 17.5. The van der Waals surface area contributed by atoms with Gasteiger partial charge in [0.05, 0.1) is 27.0 Å². The molecule has 1 aliphatic rings. The number of rotatable bonds is 5. The predicted octanol–water partition coefficient (Wildman–Crippen LogP) is 2.85. The lowest BCUT2D eigenvalue weighted by Crippen LogP contribution is -2.34. The highest BCUT2D eigenvalue weighted by Crippen LogP contribution is 2.45. The van der Waals surface area contributed by atoms with Gasteiger partial charge >= 0.3 is 5.97 Å². The number of carboxylic acid groups (broad SMARTS) is 1. The van der Waals surface area contributed by atoms with Gasteiger partial charge in [0.2, 0.25) is 0 Å². The van der Waals surface area contributed by atoms with E-state index in [1.807, 2.05) is 30.7 Å². The van der Waals surface area contributed by atoms with E-state index in [9.17, 15) is 9.59 Å². The topological polar surface area (TPSA) is 84.2 Å². The van der Waals surface area contributed by atoms with Crippen LogP contribution in [0.15, 0.2) is 28.7 Å². The molecule has 24 heavy (non-hydrogen) atoms. The summed E-state index contributed by atoms with van der Waals surface area (Å²) >= 11 is 3.50. The van der Waals surface area contributed by atoms with Gasteiger partial charge in [-0.25, -0.2) is 4.68 Å². The van der Waals surface area contributed by atoms with Crippen LogP contribution in [0.4, 0.5) is 0 Å². The number of hydrogen-bond acceptors (Lipinski definition) is 3. The Labute approximate surface area is 148 Å². The van der Waals surface area contributed by atoms with Crippen molar-refractivity contribution >= 4 is 27.8 Å². The molecule has 1 heterocycles. The van der Waals surface area contributed by atoms with Crippen LogP contribution in [0.3, 0.4) is 0 Å². The number of aromatic nitrogens is 2. The van der Waals surface area contributed by atoms with Crippen LogP contribution in [-0.2, 0) is 4.79 Å². The summed E-state index contributed by atoms with van der Waals surface area (Å²) in [5, 5.41) is 16.3. The van der Waals surface area contributed by atoms with Crippen LogP contribution in [0.5, 0.6) is 0 Å². The standard InChI is InChI=1S/C17H18BrN3O3/c1-10-14(18)11(2)21(20-10)13-5-3-12(4-6-13)15(22)19-9-17(7-8-17)16(23)24/h3-6H,7-9H2,1-2H3,(H,19,22)(H,23,24). The highest BCUT2D eigenvalue weighted by atomic mass is 79.9. The van der Waals surface area contributed by atoms with Crippen LogP contribution >= 0.6 is 15.9 Å². The van der Waals surface area contributed by atoms with E-state index in [4.69, 9.17) is 5.11 Å². The normalized spacial score (nSPS) is 15.1. The zero-order valence-electron chi connectivity index (χ0n) is 13.5. The molecule has 0 radical (unpaired) electrons. The molecule has 0 spiro atoms. The minimum absolute atomic E-state index is 0.174. The average Bonchev–Trinajstić information content (AvgIpc) is 3.33. The molecule has 1 aliphatic carbocycles. The van der Waals surface area contributed by atoms with Crippen molar-refractivity contribution in [2.24, 2.45) is 5.41 Å². The molecular formula is C17H18BrN3O3. The number of carboxylic acids is 1. The number of aryl methyl sites for hydroxylation is 1. The van der Waals surface area contributed by atoms with Crippen molar-refractivity contribution in [3.8, 4) is 5.69 Å². The molecule has 2 N–H and O–H groups in total. The smallest absolute Gasteiger partial charge is 0.311 e. The number of nitrogens with zero attached hydrogens (tertiary/aromatic N) is 2. The zero-order valence-corrected chi connectivity index (χ0v) is 15.1. The summed E-state index contributed by atoms with van der Waals surface area (Å²) in [6, 6.07) is 7.08. The maximum atomic E-state index is 12.2. The molecule has 0 aliphatic heterocycles. The number of benzene rings is 1. The lowest BCUT2D eigenvalue weighted by atomic mass is 10.1. The van der Waals surface area contributed by atoms with Crippen molar-refractivity contribution in [1.29, 1.82) is 0 Å². The highest BCUT2D eigenvalue weighted by molar-refractivity contribution is 9.10. The Morgan fingerprint density at radius 2 is 1.92 bits per heavy atom. The Hall–Kier alpha value is -2.15. The van der Waals surface area contributed by atoms with Gasteiger partial charge in [-0.3, -0.25) is 9.59 Å². The summed E-state index contributed by atoms with van der Waals surface area (Å²) in [5.41, 5.74) is 2.49. The van der Waals surface area contributed by atoms with Crippen LogP contribution < -0.4 is 5.32 Å². The molecule has 1 fully saturated rings. The van der Waals surface area contributed by atoms with Crippen LogP contribution in [0.1, 0.15) is 34.6 Å². The predicted molar refractivity (Wildman–Crippen MR) is 92.4 cm³/mol. The third-order valence-corrected chi connectivity index (χ3v) is 5.62. The van der Waals surface area contributed by atoms with Crippen LogP contribution in [0, 0.1) is 19.3 Å². The molecule has 6 nitrogen and oxygen atoms in total. The molecule has 0 bridgehead atoms. The van der Waals surface area contributed by atoms with E-state index in [-0.39, 0.29) is 12.5 Å². The summed E-state index contributed by atoms with van der Waals surface area (Å²) in [4.78, 5) is 23.3. The van der Waals surface area contributed by atoms with E-state index in [1.165, 1.54) is 0 Å². The summed E-state index contributed by atoms with van der Waals surface area (Å²) in [6.07, 6.45) is 1.24. The van der Waals surface area contributed by atoms with Gasteiger partial charge < -0.3 is 10.4 Å². The van der Waals surface area contributed by atoms with E-state index in [2.05, 4.69) is 26.3 Å². The van der Waals surface area contributed by atoms with Gasteiger partial charge in [-0.05, 0) is 66.9 Å². The number of carbonyl (C=O) groups is 2. The second-order valence-electron chi connectivity index (χ2n) is 6.21. The number of hydrogen-bond donors (Lipinski definition) is 2. The van der Waals surface area contributed by atoms with Gasteiger partial charge in [-0.2, -0.15) is 5.10 Å². The third-order valence-electron chi connectivity index (χ3n) is 4.47. The Balaban J connectivity index is 1.71. The molecule has 1 amide bonds. The number of halogens is 1. The Morgan fingerprint density at radius 3 is 2.38 bits per heavy atom. The second-order valence-corrected chi connectivity index (χ2v) is 7.00. The van der Waals surface area contributed by atoms with Crippen molar-refractivity contribution in [3.05, 3.63) is 45.7 Å². The first-order valence-corrected chi connectivity index (χ1v) is 8.47. The van der Waals surface area contributed by atoms with Gasteiger partial charge in [0, 0.05) is 12.1 Å². The van der Waals surface area contributed by atoms with E-state index in [0.717, 1.165) is 21.5 Å².